The molecule has 0 spiro atoms. The van der Waals surface area contributed by atoms with Gasteiger partial charge in [-0.05, 0) is 32.3 Å². The van der Waals surface area contributed by atoms with E-state index >= 15 is 0 Å². The number of fused-ring (bicyclic) bond motifs is 1. The zero-order valence-electron chi connectivity index (χ0n) is 13.0. The molecular formula is C16H22N4O. The molecule has 0 saturated carbocycles. The third kappa shape index (κ3) is 2.83. The van der Waals surface area contributed by atoms with Gasteiger partial charge in [-0.25, -0.2) is 9.97 Å². The van der Waals surface area contributed by atoms with E-state index in [2.05, 4.69) is 26.9 Å². The molecule has 0 amide bonds. The molecule has 0 atom stereocenters. The monoisotopic (exact) mass is 286 g/mol. The Labute approximate surface area is 125 Å². The van der Waals surface area contributed by atoms with Gasteiger partial charge in [0.05, 0.1) is 5.69 Å². The van der Waals surface area contributed by atoms with Crippen LogP contribution in [-0.2, 0) is 25.8 Å². The lowest BCUT2D eigenvalue weighted by Gasteiger charge is -2.19. The predicted molar refractivity (Wildman–Crippen MR) is 80.1 cm³/mol. The third-order valence-corrected chi connectivity index (χ3v) is 4.36. The van der Waals surface area contributed by atoms with Crippen LogP contribution in [0, 0.1) is 13.8 Å². The minimum absolute atomic E-state index is 0.907. The average molecular weight is 286 g/mol. The number of aryl methyl sites for hydroxylation is 3. The molecular weight excluding hydrogens is 264 g/mol. The number of hydrogen-bond acceptors (Lipinski definition) is 5. The largest absolute Gasteiger partial charge is 0.361 e. The quantitative estimate of drug-likeness (QED) is 0.866. The van der Waals surface area contributed by atoms with E-state index < -0.39 is 0 Å². The SMILES string of the molecule is CCc1ncnc2c1CCN(Cc1c(C)noc1C)CC2. The predicted octanol–water partition coefficient (Wildman–Crippen LogP) is 2.24. The van der Waals surface area contributed by atoms with Crippen LogP contribution in [0.2, 0.25) is 0 Å². The van der Waals surface area contributed by atoms with Crippen LogP contribution in [0.3, 0.4) is 0 Å². The molecule has 0 aliphatic carbocycles. The maximum atomic E-state index is 5.27. The Balaban J connectivity index is 1.76. The van der Waals surface area contributed by atoms with E-state index in [0.29, 0.717) is 0 Å². The van der Waals surface area contributed by atoms with Gasteiger partial charge in [-0.1, -0.05) is 12.1 Å². The van der Waals surface area contributed by atoms with Gasteiger partial charge in [-0.3, -0.25) is 4.90 Å². The first-order chi connectivity index (χ1) is 10.2. The Hall–Kier alpha value is -1.75. The second-order valence-electron chi connectivity index (χ2n) is 5.68. The summed E-state index contributed by atoms with van der Waals surface area (Å²) in [5, 5.41) is 4.05. The molecule has 2 aromatic heterocycles. The number of rotatable bonds is 3. The lowest BCUT2D eigenvalue weighted by atomic mass is 10.1. The maximum absolute atomic E-state index is 5.27. The van der Waals surface area contributed by atoms with Crippen molar-refractivity contribution < 1.29 is 4.52 Å². The third-order valence-electron chi connectivity index (χ3n) is 4.36. The molecule has 0 radical (unpaired) electrons. The van der Waals surface area contributed by atoms with Gasteiger partial charge >= 0.3 is 0 Å². The highest BCUT2D eigenvalue weighted by atomic mass is 16.5. The van der Waals surface area contributed by atoms with Crippen molar-refractivity contribution in [2.75, 3.05) is 13.1 Å². The lowest BCUT2D eigenvalue weighted by molar-refractivity contribution is 0.276. The lowest BCUT2D eigenvalue weighted by Crippen LogP contribution is -2.26. The molecule has 2 aromatic rings. The first kappa shape index (κ1) is 14.2. The van der Waals surface area contributed by atoms with Crippen molar-refractivity contribution in [3.05, 3.63) is 40.3 Å². The summed E-state index contributed by atoms with van der Waals surface area (Å²) in [7, 11) is 0. The van der Waals surface area contributed by atoms with Gasteiger partial charge in [0.25, 0.3) is 0 Å². The topological polar surface area (TPSA) is 55.1 Å². The standard InChI is InChI=1S/C16H22N4O/c1-4-15-13-5-7-20(8-6-16(13)18-10-17-15)9-14-11(2)19-21-12(14)3/h10H,4-9H2,1-3H3. The molecule has 0 unspecified atom stereocenters. The fraction of sp³-hybridized carbons (Fsp3) is 0.562. The van der Waals surface area contributed by atoms with Crippen LogP contribution in [0.4, 0.5) is 0 Å². The van der Waals surface area contributed by atoms with Gasteiger partial charge in [0.2, 0.25) is 0 Å². The van der Waals surface area contributed by atoms with Crippen molar-refractivity contribution in [2.45, 2.75) is 46.6 Å². The zero-order valence-corrected chi connectivity index (χ0v) is 13.0. The average Bonchev–Trinajstić information content (AvgIpc) is 2.71. The van der Waals surface area contributed by atoms with E-state index in [1.165, 1.54) is 22.5 Å². The molecule has 21 heavy (non-hydrogen) atoms. The Morgan fingerprint density at radius 2 is 2.00 bits per heavy atom. The first-order valence-corrected chi connectivity index (χ1v) is 7.64. The Morgan fingerprint density at radius 3 is 2.71 bits per heavy atom. The fourth-order valence-electron chi connectivity index (χ4n) is 3.05. The van der Waals surface area contributed by atoms with Crippen LogP contribution < -0.4 is 0 Å². The molecule has 3 rings (SSSR count). The van der Waals surface area contributed by atoms with Gasteiger partial charge in [0.15, 0.2) is 0 Å². The summed E-state index contributed by atoms with van der Waals surface area (Å²) in [5.41, 5.74) is 6.02. The molecule has 112 valence electrons. The number of aromatic nitrogens is 3. The molecule has 3 heterocycles. The van der Waals surface area contributed by atoms with Crippen molar-refractivity contribution >= 4 is 0 Å². The van der Waals surface area contributed by atoms with Crippen LogP contribution in [0.25, 0.3) is 0 Å². The molecule has 1 aliphatic rings. The summed E-state index contributed by atoms with van der Waals surface area (Å²) in [5.74, 6) is 0.934. The van der Waals surface area contributed by atoms with E-state index in [-0.39, 0.29) is 0 Å². The summed E-state index contributed by atoms with van der Waals surface area (Å²) < 4.78 is 5.27. The van der Waals surface area contributed by atoms with Crippen LogP contribution >= 0.6 is 0 Å². The van der Waals surface area contributed by atoms with Gasteiger partial charge in [0.1, 0.15) is 12.1 Å². The normalized spacial score (nSPS) is 15.8. The molecule has 0 saturated heterocycles. The smallest absolute Gasteiger partial charge is 0.138 e. The van der Waals surface area contributed by atoms with Crippen molar-refractivity contribution in [3.63, 3.8) is 0 Å². The van der Waals surface area contributed by atoms with Gasteiger partial charge in [-0.15, -0.1) is 0 Å². The van der Waals surface area contributed by atoms with Crippen LogP contribution in [0.1, 0.15) is 40.9 Å². The number of hydrogen-bond donors (Lipinski definition) is 0. The summed E-state index contributed by atoms with van der Waals surface area (Å²) in [6.07, 6.45) is 4.72. The molecule has 1 aliphatic heterocycles. The summed E-state index contributed by atoms with van der Waals surface area (Å²) in [6, 6.07) is 0. The van der Waals surface area contributed by atoms with E-state index in [1.807, 2.05) is 13.8 Å². The number of nitrogens with zero attached hydrogens (tertiary/aromatic N) is 4. The minimum Gasteiger partial charge on any atom is -0.361 e. The maximum Gasteiger partial charge on any atom is 0.138 e. The first-order valence-electron chi connectivity index (χ1n) is 7.64. The second kappa shape index (κ2) is 5.93. The van der Waals surface area contributed by atoms with E-state index in [0.717, 1.165) is 50.4 Å². The van der Waals surface area contributed by atoms with E-state index in [1.54, 1.807) is 6.33 Å². The zero-order chi connectivity index (χ0) is 14.8. The Morgan fingerprint density at radius 1 is 1.19 bits per heavy atom. The van der Waals surface area contributed by atoms with E-state index in [4.69, 9.17) is 4.52 Å². The van der Waals surface area contributed by atoms with Crippen LogP contribution in [0.15, 0.2) is 10.9 Å². The summed E-state index contributed by atoms with van der Waals surface area (Å²) >= 11 is 0. The fourth-order valence-corrected chi connectivity index (χ4v) is 3.05. The van der Waals surface area contributed by atoms with E-state index in [9.17, 15) is 0 Å². The second-order valence-corrected chi connectivity index (χ2v) is 5.68. The molecule has 0 N–H and O–H groups in total. The Bertz CT molecular complexity index is 616. The van der Waals surface area contributed by atoms with Crippen LogP contribution in [-0.4, -0.2) is 33.1 Å². The molecule has 5 nitrogen and oxygen atoms in total. The van der Waals surface area contributed by atoms with Gasteiger partial charge < -0.3 is 4.52 Å². The van der Waals surface area contributed by atoms with Crippen LogP contribution in [0.5, 0.6) is 0 Å². The van der Waals surface area contributed by atoms with Crippen molar-refractivity contribution in [1.29, 1.82) is 0 Å². The van der Waals surface area contributed by atoms with Crippen molar-refractivity contribution in [3.8, 4) is 0 Å². The molecule has 5 heteroatoms. The highest BCUT2D eigenvalue weighted by Gasteiger charge is 2.20. The molecule has 0 fully saturated rings. The van der Waals surface area contributed by atoms with Crippen molar-refractivity contribution in [1.82, 2.24) is 20.0 Å². The highest BCUT2D eigenvalue weighted by molar-refractivity contribution is 5.27. The Kier molecular flexibility index (Phi) is 4.01. The minimum atomic E-state index is 0.907. The molecule has 0 aromatic carbocycles. The highest BCUT2D eigenvalue weighted by Crippen LogP contribution is 2.20. The summed E-state index contributed by atoms with van der Waals surface area (Å²) in [4.78, 5) is 11.4. The van der Waals surface area contributed by atoms with Gasteiger partial charge in [0, 0.05) is 43.0 Å². The summed E-state index contributed by atoms with van der Waals surface area (Å²) in [6.45, 7) is 9.13. The molecule has 0 bridgehead atoms. The van der Waals surface area contributed by atoms with Gasteiger partial charge in [-0.2, -0.15) is 0 Å². The van der Waals surface area contributed by atoms with Crippen molar-refractivity contribution in [2.24, 2.45) is 0 Å².